The molecule has 1 rings (SSSR count). The molecule has 0 nitrogen and oxygen atoms in total. The Morgan fingerprint density at radius 3 is 2.12 bits per heavy atom. The lowest BCUT2D eigenvalue weighted by Gasteiger charge is -2.11. The monoisotopic (exact) mass is 231 g/mol. The fourth-order valence-corrected chi connectivity index (χ4v) is 2.24. The molecule has 0 heterocycles. The first-order chi connectivity index (χ1) is 8.34. The largest absolute Gasteiger partial charge is 0.0654 e. The van der Waals surface area contributed by atoms with E-state index in [1.54, 1.807) is 0 Å². The standard InChI is InChI=1S/C17H27/c1-3-4-5-6-7-8-10-13-16(2)17-14-11-9-12-15-17/h9,11-12,14-16H,2-8,10,13H2,1H3. The van der Waals surface area contributed by atoms with Crippen molar-refractivity contribution in [2.75, 3.05) is 0 Å². The van der Waals surface area contributed by atoms with Gasteiger partial charge in [0.1, 0.15) is 0 Å². The van der Waals surface area contributed by atoms with Crippen LogP contribution in [0.5, 0.6) is 0 Å². The summed E-state index contributed by atoms with van der Waals surface area (Å²) < 4.78 is 0. The Kier molecular flexibility index (Phi) is 7.79. The maximum absolute atomic E-state index is 4.26. The Balaban J connectivity index is 2.03. The predicted molar refractivity (Wildman–Crippen MR) is 77.2 cm³/mol. The Morgan fingerprint density at radius 2 is 1.47 bits per heavy atom. The summed E-state index contributed by atoms with van der Waals surface area (Å²) in [6.45, 7) is 6.53. The summed E-state index contributed by atoms with van der Waals surface area (Å²) in [7, 11) is 0. The van der Waals surface area contributed by atoms with E-state index >= 15 is 0 Å². The predicted octanol–water partition coefficient (Wildman–Crippen LogP) is 5.74. The Bertz CT molecular complexity index is 263. The van der Waals surface area contributed by atoms with Crippen LogP contribution in [0.2, 0.25) is 0 Å². The molecule has 0 aliphatic carbocycles. The zero-order chi connectivity index (χ0) is 12.3. The molecule has 1 radical (unpaired) electrons. The van der Waals surface area contributed by atoms with E-state index in [2.05, 4.69) is 44.2 Å². The summed E-state index contributed by atoms with van der Waals surface area (Å²) in [6, 6.07) is 10.7. The molecular formula is C17H27. The second kappa shape index (κ2) is 9.27. The minimum absolute atomic E-state index is 0.479. The van der Waals surface area contributed by atoms with E-state index in [0.29, 0.717) is 5.92 Å². The number of benzene rings is 1. The molecule has 17 heavy (non-hydrogen) atoms. The summed E-state index contributed by atoms with van der Waals surface area (Å²) in [5.41, 5.74) is 1.39. The smallest absolute Gasteiger partial charge is 0.0162 e. The first-order valence-corrected chi connectivity index (χ1v) is 7.22. The molecule has 0 amide bonds. The zero-order valence-electron chi connectivity index (χ0n) is 11.3. The Hall–Kier alpha value is -0.780. The van der Waals surface area contributed by atoms with Gasteiger partial charge in [0.15, 0.2) is 0 Å². The van der Waals surface area contributed by atoms with Crippen LogP contribution in [0.3, 0.4) is 0 Å². The number of rotatable bonds is 9. The fourth-order valence-electron chi connectivity index (χ4n) is 2.24. The highest BCUT2D eigenvalue weighted by Gasteiger charge is 2.03. The van der Waals surface area contributed by atoms with Crippen molar-refractivity contribution >= 4 is 0 Å². The third-order valence-corrected chi connectivity index (χ3v) is 3.43. The van der Waals surface area contributed by atoms with Crippen LogP contribution in [-0.4, -0.2) is 0 Å². The zero-order valence-corrected chi connectivity index (χ0v) is 11.3. The molecule has 0 N–H and O–H groups in total. The van der Waals surface area contributed by atoms with Gasteiger partial charge < -0.3 is 0 Å². The molecule has 0 spiro atoms. The van der Waals surface area contributed by atoms with Crippen molar-refractivity contribution in [2.45, 2.75) is 64.2 Å². The lowest BCUT2D eigenvalue weighted by Crippen LogP contribution is -1.93. The van der Waals surface area contributed by atoms with Crippen molar-refractivity contribution < 1.29 is 0 Å². The lowest BCUT2D eigenvalue weighted by atomic mass is 9.95. The number of hydrogen-bond acceptors (Lipinski definition) is 0. The highest BCUT2D eigenvalue weighted by Crippen LogP contribution is 2.21. The average molecular weight is 231 g/mol. The molecule has 0 heteroatoms. The van der Waals surface area contributed by atoms with E-state index in [-0.39, 0.29) is 0 Å². The minimum Gasteiger partial charge on any atom is -0.0654 e. The molecule has 0 aliphatic heterocycles. The minimum atomic E-state index is 0.479. The Morgan fingerprint density at radius 1 is 0.882 bits per heavy atom. The molecule has 1 atom stereocenters. The third kappa shape index (κ3) is 6.51. The molecule has 1 aromatic rings. The maximum atomic E-state index is 4.26. The highest BCUT2D eigenvalue weighted by atomic mass is 14.1. The van der Waals surface area contributed by atoms with Crippen LogP contribution in [-0.2, 0) is 0 Å². The van der Waals surface area contributed by atoms with Crippen LogP contribution in [0.25, 0.3) is 0 Å². The lowest BCUT2D eigenvalue weighted by molar-refractivity contribution is 0.562. The van der Waals surface area contributed by atoms with Crippen molar-refractivity contribution in [1.82, 2.24) is 0 Å². The van der Waals surface area contributed by atoms with Gasteiger partial charge in [-0.3, -0.25) is 0 Å². The first-order valence-electron chi connectivity index (χ1n) is 7.22. The van der Waals surface area contributed by atoms with E-state index in [9.17, 15) is 0 Å². The normalized spacial score (nSPS) is 12.6. The van der Waals surface area contributed by atoms with Crippen molar-refractivity contribution in [3.05, 3.63) is 42.8 Å². The van der Waals surface area contributed by atoms with Gasteiger partial charge in [-0.25, -0.2) is 0 Å². The van der Waals surface area contributed by atoms with Crippen LogP contribution in [0.4, 0.5) is 0 Å². The van der Waals surface area contributed by atoms with Crippen LogP contribution in [0.1, 0.15) is 69.8 Å². The van der Waals surface area contributed by atoms with Gasteiger partial charge in [-0.1, -0.05) is 82.2 Å². The van der Waals surface area contributed by atoms with Crippen molar-refractivity contribution in [1.29, 1.82) is 0 Å². The van der Waals surface area contributed by atoms with Crippen LogP contribution >= 0.6 is 0 Å². The summed E-state index contributed by atoms with van der Waals surface area (Å²) in [5, 5.41) is 0. The third-order valence-electron chi connectivity index (χ3n) is 3.43. The van der Waals surface area contributed by atoms with Gasteiger partial charge in [0, 0.05) is 0 Å². The average Bonchev–Trinajstić information content (AvgIpc) is 2.38. The summed E-state index contributed by atoms with van der Waals surface area (Å²) in [5.74, 6) is 0.479. The topological polar surface area (TPSA) is 0 Å². The molecule has 0 saturated heterocycles. The molecule has 1 aromatic carbocycles. The van der Waals surface area contributed by atoms with Crippen molar-refractivity contribution in [3.63, 3.8) is 0 Å². The van der Waals surface area contributed by atoms with Crippen molar-refractivity contribution in [2.24, 2.45) is 0 Å². The van der Waals surface area contributed by atoms with Crippen LogP contribution in [0.15, 0.2) is 30.3 Å². The molecule has 0 saturated carbocycles. The summed E-state index contributed by atoms with van der Waals surface area (Å²) >= 11 is 0. The summed E-state index contributed by atoms with van der Waals surface area (Å²) in [6.07, 6.45) is 10.9. The fraction of sp³-hybridized carbons (Fsp3) is 0.588. The van der Waals surface area contributed by atoms with E-state index in [1.165, 1.54) is 56.9 Å². The van der Waals surface area contributed by atoms with Crippen LogP contribution in [0, 0.1) is 6.92 Å². The second-order valence-electron chi connectivity index (χ2n) is 5.02. The van der Waals surface area contributed by atoms with Crippen LogP contribution < -0.4 is 0 Å². The highest BCUT2D eigenvalue weighted by molar-refractivity contribution is 5.20. The molecule has 95 valence electrons. The maximum Gasteiger partial charge on any atom is -0.0162 e. The van der Waals surface area contributed by atoms with E-state index in [1.807, 2.05) is 0 Å². The van der Waals surface area contributed by atoms with Gasteiger partial charge in [-0.15, -0.1) is 0 Å². The number of hydrogen-bond donors (Lipinski definition) is 0. The van der Waals surface area contributed by atoms with E-state index in [4.69, 9.17) is 0 Å². The molecular weight excluding hydrogens is 204 g/mol. The molecule has 0 aliphatic rings. The quantitative estimate of drug-likeness (QED) is 0.475. The summed E-state index contributed by atoms with van der Waals surface area (Å²) in [4.78, 5) is 0. The van der Waals surface area contributed by atoms with Gasteiger partial charge >= 0.3 is 0 Å². The first kappa shape index (κ1) is 14.3. The molecule has 0 fully saturated rings. The van der Waals surface area contributed by atoms with Crippen molar-refractivity contribution in [3.8, 4) is 0 Å². The van der Waals surface area contributed by atoms with Gasteiger partial charge in [0.25, 0.3) is 0 Å². The van der Waals surface area contributed by atoms with Gasteiger partial charge in [-0.05, 0) is 24.8 Å². The van der Waals surface area contributed by atoms with E-state index < -0.39 is 0 Å². The van der Waals surface area contributed by atoms with Gasteiger partial charge in [0.2, 0.25) is 0 Å². The molecule has 1 unspecified atom stereocenters. The molecule has 0 bridgehead atoms. The second-order valence-corrected chi connectivity index (χ2v) is 5.02. The SMILES string of the molecule is [CH2]C(CCCCCCCCC)c1ccccc1. The Labute approximate surface area is 107 Å². The molecule has 0 aromatic heterocycles. The van der Waals surface area contributed by atoms with Gasteiger partial charge in [0.05, 0.1) is 0 Å². The van der Waals surface area contributed by atoms with Gasteiger partial charge in [-0.2, -0.15) is 0 Å². The van der Waals surface area contributed by atoms with E-state index in [0.717, 1.165) is 0 Å². The number of unbranched alkanes of at least 4 members (excludes halogenated alkanes) is 6.